The van der Waals surface area contributed by atoms with Crippen molar-refractivity contribution in [3.63, 3.8) is 0 Å². The molecule has 172 valence electrons. The topological polar surface area (TPSA) is 52.6 Å². The molecular formula is C28H25O4PS. The van der Waals surface area contributed by atoms with Crippen molar-refractivity contribution in [2.45, 2.75) is 11.8 Å². The Morgan fingerprint density at radius 1 is 0.706 bits per heavy atom. The van der Waals surface area contributed by atoms with E-state index in [2.05, 4.69) is 0 Å². The van der Waals surface area contributed by atoms with Crippen LogP contribution in [0.15, 0.2) is 102 Å². The van der Waals surface area contributed by atoms with Gasteiger partial charge in [0.15, 0.2) is 5.78 Å². The number of hydrogen-bond donors (Lipinski definition) is 0. The Balaban J connectivity index is 1.40. The number of aryl methyl sites for hydroxylation is 1. The number of rotatable bonds is 8. The average Bonchev–Trinajstić information content (AvgIpc) is 2.89. The van der Waals surface area contributed by atoms with Gasteiger partial charge in [-0.15, -0.1) is 0 Å². The number of ketones is 1. The molecule has 0 saturated carbocycles. The molecule has 0 aliphatic rings. The summed E-state index contributed by atoms with van der Waals surface area (Å²) >= 11 is 0. The highest BCUT2D eigenvalue weighted by Crippen LogP contribution is 2.39. The highest BCUT2D eigenvalue weighted by Gasteiger charge is 2.16. The molecule has 34 heavy (non-hydrogen) atoms. The summed E-state index contributed by atoms with van der Waals surface area (Å²) in [6.45, 7) is 4.05. The molecule has 4 nitrogen and oxygen atoms in total. The SMILES string of the molecule is COc1ccc(C(=O)c2ccc(Oc3ccc(P(C)S(=O)c4ccc(C)cc4)cc3)cc2)cc1. The van der Waals surface area contributed by atoms with Gasteiger partial charge in [-0.1, -0.05) is 17.7 Å². The number of methoxy groups -OCH3 is 1. The minimum absolute atomic E-state index is 0.0589. The molecule has 6 heteroatoms. The normalized spacial score (nSPS) is 12.6. The van der Waals surface area contributed by atoms with Crippen molar-refractivity contribution in [3.05, 3.63) is 114 Å². The number of benzene rings is 4. The molecule has 0 saturated heterocycles. The van der Waals surface area contributed by atoms with E-state index >= 15 is 0 Å². The first-order chi connectivity index (χ1) is 16.4. The van der Waals surface area contributed by atoms with Gasteiger partial charge in [0, 0.05) is 23.1 Å². The largest absolute Gasteiger partial charge is 0.497 e. The van der Waals surface area contributed by atoms with Gasteiger partial charge in [0.25, 0.3) is 0 Å². The average molecular weight is 489 g/mol. The molecule has 4 aromatic rings. The first-order valence-corrected chi connectivity index (χ1v) is 14.3. The van der Waals surface area contributed by atoms with Crippen LogP contribution in [-0.4, -0.2) is 23.8 Å². The van der Waals surface area contributed by atoms with Crippen LogP contribution in [0, 0.1) is 6.92 Å². The number of hydrogen-bond acceptors (Lipinski definition) is 4. The summed E-state index contributed by atoms with van der Waals surface area (Å²) in [6.07, 6.45) is 0. The molecule has 0 N–H and O–H groups in total. The van der Waals surface area contributed by atoms with E-state index in [0.29, 0.717) is 28.4 Å². The van der Waals surface area contributed by atoms with E-state index in [1.54, 1.807) is 55.6 Å². The molecule has 0 amide bonds. The van der Waals surface area contributed by atoms with Gasteiger partial charge in [-0.25, -0.2) is 4.21 Å². The zero-order valence-electron chi connectivity index (χ0n) is 19.2. The van der Waals surface area contributed by atoms with Gasteiger partial charge in [-0.2, -0.15) is 0 Å². The summed E-state index contributed by atoms with van der Waals surface area (Å²) in [6, 6.07) is 29.7. The summed E-state index contributed by atoms with van der Waals surface area (Å²) < 4.78 is 24.0. The van der Waals surface area contributed by atoms with Crippen molar-refractivity contribution < 1.29 is 18.5 Å². The van der Waals surface area contributed by atoms with Crippen LogP contribution in [-0.2, 0) is 10.4 Å². The Morgan fingerprint density at radius 2 is 1.18 bits per heavy atom. The molecule has 4 aromatic carbocycles. The lowest BCUT2D eigenvalue weighted by Gasteiger charge is -2.13. The molecule has 2 atom stereocenters. The Labute approximate surface area is 203 Å². The monoisotopic (exact) mass is 488 g/mol. The van der Waals surface area contributed by atoms with Crippen LogP contribution in [0.1, 0.15) is 21.5 Å². The predicted octanol–water partition coefficient (Wildman–Crippen LogP) is 6.49. The van der Waals surface area contributed by atoms with E-state index in [-0.39, 0.29) is 5.78 Å². The lowest BCUT2D eigenvalue weighted by molar-refractivity contribution is 0.103. The van der Waals surface area contributed by atoms with Gasteiger partial charge in [0.05, 0.1) is 17.5 Å². The summed E-state index contributed by atoms with van der Waals surface area (Å²) in [5.74, 6) is 1.98. The molecule has 0 heterocycles. The minimum Gasteiger partial charge on any atom is -0.497 e. The van der Waals surface area contributed by atoms with Gasteiger partial charge < -0.3 is 9.47 Å². The van der Waals surface area contributed by atoms with Crippen molar-refractivity contribution in [1.82, 2.24) is 0 Å². The molecule has 0 aliphatic carbocycles. The van der Waals surface area contributed by atoms with Crippen molar-refractivity contribution in [2.75, 3.05) is 13.8 Å². The van der Waals surface area contributed by atoms with Crippen molar-refractivity contribution in [2.24, 2.45) is 0 Å². The fourth-order valence-corrected chi connectivity index (χ4v) is 7.05. The van der Waals surface area contributed by atoms with Crippen LogP contribution in [0.4, 0.5) is 0 Å². The fourth-order valence-electron chi connectivity index (χ4n) is 3.35. The first-order valence-electron chi connectivity index (χ1n) is 10.7. The molecule has 0 fully saturated rings. The Hall–Kier alpha value is -3.27. The standard InChI is InChI=1S/C28H25O4PS/c1-20-4-18-27(19-5-20)34(30)33(3)26-16-14-25(15-17-26)32-24-12-8-22(9-13-24)28(29)21-6-10-23(31-2)11-7-21/h4-19H,1-3H3. The maximum absolute atomic E-state index is 12.9. The maximum Gasteiger partial charge on any atom is 0.193 e. The summed E-state index contributed by atoms with van der Waals surface area (Å²) in [5, 5.41) is 1.04. The predicted molar refractivity (Wildman–Crippen MR) is 139 cm³/mol. The van der Waals surface area contributed by atoms with E-state index in [1.807, 2.05) is 62.1 Å². The lowest BCUT2D eigenvalue weighted by atomic mass is 10.0. The third-order valence-corrected chi connectivity index (χ3v) is 10.3. The quantitative estimate of drug-likeness (QED) is 0.210. The molecule has 0 radical (unpaired) electrons. The van der Waals surface area contributed by atoms with Crippen molar-refractivity contribution in [1.29, 1.82) is 0 Å². The van der Waals surface area contributed by atoms with E-state index in [4.69, 9.17) is 9.47 Å². The second-order valence-corrected chi connectivity index (χ2v) is 12.9. The van der Waals surface area contributed by atoms with Crippen LogP contribution in [0.5, 0.6) is 17.2 Å². The van der Waals surface area contributed by atoms with E-state index < -0.39 is 17.5 Å². The Morgan fingerprint density at radius 3 is 1.68 bits per heavy atom. The smallest absolute Gasteiger partial charge is 0.193 e. The molecule has 0 bridgehead atoms. The van der Waals surface area contributed by atoms with Crippen LogP contribution in [0.2, 0.25) is 0 Å². The van der Waals surface area contributed by atoms with Gasteiger partial charge in [0.2, 0.25) is 0 Å². The fraction of sp³-hybridized carbons (Fsp3) is 0.107. The Bertz CT molecular complexity index is 1280. The molecule has 0 spiro atoms. The third kappa shape index (κ3) is 5.61. The van der Waals surface area contributed by atoms with Gasteiger partial charge in [-0.05, 0) is 104 Å². The van der Waals surface area contributed by atoms with Crippen molar-refractivity contribution >= 4 is 28.6 Å². The van der Waals surface area contributed by atoms with Crippen LogP contribution >= 0.6 is 7.12 Å². The second-order valence-electron chi connectivity index (χ2n) is 7.74. The van der Waals surface area contributed by atoms with Gasteiger partial charge in [0.1, 0.15) is 17.2 Å². The highest BCUT2D eigenvalue weighted by molar-refractivity contribution is 8.48. The lowest BCUT2D eigenvalue weighted by Crippen LogP contribution is -2.04. The van der Waals surface area contributed by atoms with Gasteiger partial charge >= 0.3 is 0 Å². The Kier molecular flexibility index (Phi) is 7.56. The summed E-state index contributed by atoms with van der Waals surface area (Å²) in [7, 11) is -0.338. The molecular weight excluding hydrogens is 463 g/mol. The summed E-state index contributed by atoms with van der Waals surface area (Å²) in [5.41, 5.74) is 2.34. The number of carbonyl (C=O) groups excluding carboxylic acids is 1. The first kappa shape index (κ1) is 23.9. The number of carbonyl (C=O) groups is 1. The molecule has 4 rings (SSSR count). The minimum atomic E-state index is -1.07. The maximum atomic E-state index is 12.9. The van der Waals surface area contributed by atoms with Crippen LogP contribution < -0.4 is 14.8 Å². The van der Waals surface area contributed by atoms with E-state index in [9.17, 15) is 9.00 Å². The zero-order chi connectivity index (χ0) is 24.1. The number of ether oxygens (including phenoxy) is 2. The molecule has 0 aliphatic heterocycles. The van der Waals surface area contributed by atoms with E-state index in [0.717, 1.165) is 15.8 Å². The van der Waals surface area contributed by atoms with Crippen molar-refractivity contribution in [3.8, 4) is 17.2 Å². The summed E-state index contributed by atoms with van der Waals surface area (Å²) in [4.78, 5) is 13.5. The highest BCUT2D eigenvalue weighted by atomic mass is 32.7. The van der Waals surface area contributed by atoms with Crippen LogP contribution in [0.25, 0.3) is 0 Å². The van der Waals surface area contributed by atoms with E-state index in [1.165, 1.54) is 0 Å². The third-order valence-electron chi connectivity index (χ3n) is 5.38. The molecule has 2 unspecified atom stereocenters. The second kappa shape index (κ2) is 10.8. The zero-order valence-corrected chi connectivity index (χ0v) is 20.9. The van der Waals surface area contributed by atoms with Gasteiger partial charge in [-0.3, -0.25) is 4.79 Å². The molecule has 0 aromatic heterocycles. The van der Waals surface area contributed by atoms with Crippen LogP contribution in [0.3, 0.4) is 0 Å².